The zero-order valence-corrected chi connectivity index (χ0v) is 9.29. The van der Waals surface area contributed by atoms with Crippen LogP contribution < -0.4 is 5.32 Å². The van der Waals surface area contributed by atoms with Gasteiger partial charge >= 0.3 is 5.97 Å². The predicted octanol–water partition coefficient (Wildman–Crippen LogP) is 0.705. The fourth-order valence-electron chi connectivity index (χ4n) is 1.96. The van der Waals surface area contributed by atoms with Crippen LogP contribution in [-0.2, 0) is 14.3 Å². The van der Waals surface area contributed by atoms with Crippen molar-refractivity contribution in [1.82, 2.24) is 5.32 Å². The maximum absolute atomic E-state index is 11.7. The standard InChI is InChI=1S/C10H19NO3/c1-7(2)11-10(9(12)13-4)5-6-14-8(10)3/h7-8,11H,5-6H2,1-4H3. The first-order valence-corrected chi connectivity index (χ1v) is 5.00. The number of rotatable bonds is 3. The fraction of sp³-hybridized carbons (Fsp3) is 0.900. The molecule has 1 fully saturated rings. The highest BCUT2D eigenvalue weighted by Crippen LogP contribution is 2.27. The molecule has 0 bridgehead atoms. The molecular weight excluding hydrogens is 182 g/mol. The lowest BCUT2D eigenvalue weighted by Crippen LogP contribution is -2.59. The molecule has 14 heavy (non-hydrogen) atoms. The van der Waals surface area contributed by atoms with Gasteiger partial charge in [-0.05, 0) is 20.8 Å². The molecule has 0 spiro atoms. The summed E-state index contributed by atoms with van der Waals surface area (Å²) in [6.07, 6.45) is 0.552. The van der Waals surface area contributed by atoms with E-state index in [1.165, 1.54) is 7.11 Å². The summed E-state index contributed by atoms with van der Waals surface area (Å²) in [5.41, 5.74) is -0.650. The van der Waals surface area contributed by atoms with E-state index in [1.807, 2.05) is 20.8 Å². The van der Waals surface area contributed by atoms with Crippen LogP contribution in [0.5, 0.6) is 0 Å². The maximum atomic E-state index is 11.7. The Morgan fingerprint density at radius 1 is 1.64 bits per heavy atom. The number of carbonyl (C=O) groups excluding carboxylic acids is 1. The van der Waals surface area contributed by atoms with E-state index in [-0.39, 0.29) is 18.1 Å². The van der Waals surface area contributed by atoms with Gasteiger partial charge in [-0.2, -0.15) is 0 Å². The molecule has 4 heteroatoms. The van der Waals surface area contributed by atoms with Gasteiger partial charge in [0.25, 0.3) is 0 Å². The van der Waals surface area contributed by atoms with Gasteiger partial charge in [0.1, 0.15) is 5.54 Å². The molecule has 1 rings (SSSR count). The second-order valence-electron chi connectivity index (χ2n) is 4.02. The third kappa shape index (κ3) is 1.91. The maximum Gasteiger partial charge on any atom is 0.328 e. The second-order valence-corrected chi connectivity index (χ2v) is 4.02. The molecular formula is C10H19NO3. The van der Waals surface area contributed by atoms with Gasteiger partial charge in [-0.3, -0.25) is 5.32 Å². The monoisotopic (exact) mass is 201 g/mol. The SMILES string of the molecule is COC(=O)C1(NC(C)C)CCOC1C. The average molecular weight is 201 g/mol. The number of ether oxygens (including phenoxy) is 2. The number of methoxy groups -OCH3 is 1. The van der Waals surface area contributed by atoms with Crippen molar-refractivity contribution in [3.8, 4) is 0 Å². The molecule has 2 unspecified atom stereocenters. The summed E-state index contributed by atoms with van der Waals surface area (Å²) in [6.45, 7) is 6.53. The summed E-state index contributed by atoms with van der Waals surface area (Å²) in [4.78, 5) is 11.7. The fourth-order valence-corrected chi connectivity index (χ4v) is 1.96. The molecule has 0 amide bonds. The topological polar surface area (TPSA) is 47.6 Å². The highest BCUT2D eigenvalue weighted by Gasteiger charge is 2.49. The average Bonchev–Trinajstić information content (AvgIpc) is 2.47. The van der Waals surface area contributed by atoms with Crippen LogP contribution in [0.15, 0.2) is 0 Å². The molecule has 0 aromatic heterocycles. The summed E-state index contributed by atoms with van der Waals surface area (Å²) in [7, 11) is 1.41. The smallest absolute Gasteiger partial charge is 0.328 e. The van der Waals surface area contributed by atoms with Gasteiger partial charge in [0, 0.05) is 19.1 Å². The minimum absolute atomic E-state index is 0.127. The Kier molecular flexibility index (Phi) is 3.50. The van der Waals surface area contributed by atoms with Gasteiger partial charge in [0.15, 0.2) is 0 Å². The minimum atomic E-state index is -0.650. The van der Waals surface area contributed by atoms with Crippen molar-refractivity contribution in [2.45, 2.75) is 44.9 Å². The van der Waals surface area contributed by atoms with E-state index in [0.717, 1.165) is 0 Å². The number of hydrogen-bond acceptors (Lipinski definition) is 4. The van der Waals surface area contributed by atoms with Crippen molar-refractivity contribution in [1.29, 1.82) is 0 Å². The Balaban J connectivity index is 2.83. The van der Waals surface area contributed by atoms with Crippen molar-refractivity contribution in [2.24, 2.45) is 0 Å². The van der Waals surface area contributed by atoms with E-state index in [2.05, 4.69) is 5.32 Å². The Labute approximate surface area is 85.0 Å². The number of hydrogen-bond donors (Lipinski definition) is 1. The van der Waals surface area contributed by atoms with Crippen LogP contribution in [0.3, 0.4) is 0 Å². The summed E-state index contributed by atoms with van der Waals surface area (Å²) in [6, 6.07) is 0.234. The van der Waals surface area contributed by atoms with Crippen LogP contribution in [0.2, 0.25) is 0 Å². The zero-order chi connectivity index (χ0) is 10.8. The van der Waals surface area contributed by atoms with E-state index >= 15 is 0 Å². The van der Waals surface area contributed by atoms with Crippen LogP contribution in [0.4, 0.5) is 0 Å². The molecule has 1 saturated heterocycles. The Hall–Kier alpha value is -0.610. The van der Waals surface area contributed by atoms with Crippen LogP contribution in [0.25, 0.3) is 0 Å². The molecule has 1 aliphatic rings. The summed E-state index contributed by atoms with van der Waals surface area (Å²) in [5, 5.41) is 3.26. The van der Waals surface area contributed by atoms with E-state index in [4.69, 9.17) is 9.47 Å². The van der Waals surface area contributed by atoms with E-state index in [9.17, 15) is 4.79 Å². The highest BCUT2D eigenvalue weighted by atomic mass is 16.5. The first kappa shape index (κ1) is 11.5. The van der Waals surface area contributed by atoms with E-state index in [1.54, 1.807) is 0 Å². The molecule has 0 aliphatic carbocycles. The van der Waals surface area contributed by atoms with Gasteiger partial charge < -0.3 is 9.47 Å². The Morgan fingerprint density at radius 3 is 2.64 bits per heavy atom. The zero-order valence-electron chi connectivity index (χ0n) is 9.29. The molecule has 0 aromatic carbocycles. The molecule has 0 saturated carbocycles. The molecule has 82 valence electrons. The van der Waals surface area contributed by atoms with Crippen LogP contribution in [0.1, 0.15) is 27.2 Å². The molecule has 1 heterocycles. The van der Waals surface area contributed by atoms with E-state index in [0.29, 0.717) is 13.0 Å². The summed E-state index contributed by atoms with van der Waals surface area (Å²) in [5.74, 6) is -0.226. The highest BCUT2D eigenvalue weighted by molar-refractivity contribution is 5.82. The Bertz CT molecular complexity index is 217. The van der Waals surface area contributed by atoms with Crippen molar-refractivity contribution in [3.05, 3.63) is 0 Å². The molecule has 4 nitrogen and oxygen atoms in total. The van der Waals surface area contributed by atoms with Gasteiger partial charge in [-0.1, -0.05) is 0 Å². The van der Waals surface area contributed by atoms with Gasteiger partial charge in [-0.25, -0.2) is 4.79 Å². The molecule has 1 aliphatic heterocycles. The van der Waals surface area contributed by atoms with Gasteiger partial charge in [-0.15, -0.1) is 0 Å². The van der Waals surface area contributed by atoms with Crippen molar-refractivity contribution >= 4 is 5.97 Å². The Morgan fingerprint density at radius 2 is 2.29 bits per heavy atom. The molecule has 2 atom stereocenters. The van der Waals surface area contributed by atoms with Crippen molar-refractivity contribution in [3.63, 3.8) is 0 Å². The third-order valence-corrected chi connectivity index (χ3v) is 2.65. The lowest BCUT2D eigenvalue weighted by molar-refractivity contribution is -0.151. The summed E-state index contributed by atoms with van der Waals surface area (Å²) >= 11 is 0. The first-order valence-electron chi connectivity index (χ1n) is 5.00. The number of esters is 1. The second kappa shape index (κ2) is 4.28. The first-order chi connectivity index (χ1) is 6.53. The molecule has 0 aromatic rings. The third-order valence-electron chi connectivity index (χ3n) is 2.65. The summed E-state index contributed by atoms with van der Waals surface area (Å²) < 4.78 is 10.3. The van der Waals surface area contributed by atoms with Gasteiger partial charge in [0.05, 0.1) is 13.2 Å². The molecule has 0 radical (unpaired) electrons. The van der Waals surface area contributed by atoms with Crippen molar-refractivity contribution < 1.29 is 14.3 Å². The minimum Gasteiger partial charge on any atom is -0.468 e. The van der Waals surface area contributed by atoms with E-state index < -0.39 is 5.54 Å². The largest absolute Gasteiger partial charge is 0.468 e. The lowest BCUT2D eigenvalue weighted by atomic mass is 9.91. The normalized spacial score (nSPS) is 32.2. The van der Waals surface area contributed by atoms with Crippen molar-refractivity contribution in [2.75, 3.05) is 13.7 Å². The van der Waals surface area contributed by atoms with Crippen LogP contribution in [0, 0.1) is 0 Å². The van der Waals surface area contributed by atoms with Gasteiger partial charge in [0.2, 0.25) is 0 Å². The predicted molar refractivity (Wildman–Crippen MR) is 53.0 cm³/mol. The lowest BCUT2D eigenvalue weighted by Gasteiger charge is -2.32. The number of nitrogens with one attached hydrogen (secondary N) is 1. The van der Waals surface area contributed by atoms with Crippen LogP contribution >= 0.6 is 0 Å². The number of carbonyl (C=O) groups is 1. The van der Waals surface area contributed by atoms with Crippen LogP contribution in [-0.4, -0.2) is 37.4 Å². The quantitative estimate of drug-likeness (QED) is 0.683. The molecule has 1 N–H and O–H groups in total.